The van der Waals surface area contributed by atoms with E-state index in [0.717, 1.165) is 39.2 Å². The van der Waals surface area contributed by atoms with Gasteiger partial charge < -0.3 is 14.8 Å². The molecule has 0 bridgehead atoms. The monoisotopic (exact) mass is 231 g/mol. The Balaban J connectivity index is 3.67. The second-order valence-electron chi connectivity index (χ2n) is 4.45. The average Bonchev–Trinajstić information content (AvgIpc) is 2.32. The maximum atomic E-state index is 5.63. The average molecular weight is 231 g/mol. The molecule has 0 aliphatic heterocycles. The van der Waals surface area contributed by atoms with E-state index in [1.54, 1.807) is 7.11 Å². The van der Waals surface area contributed by atoms with Crippen LogP contribution >= 0.6 is 0 Å². The van der Waals surface area contributed by atoms with Crippen LogP contribution in [0.5, 0.6) is 0 Å². The van der Waals surface area contributed by atoms with Crippen LogP contribution in [-0.4, -0.2) is 40.5 Å². The zero-order chi connectivity index (χ0) is 12.3. The van der Waals surface area contributed by atoms with Crippen LogP contribution in [0.1, 0.15) is 39.5 Å². The third-order valence-electron chi connectivity index (χ3n) is 3.47. The fourth-order valence-electron chi connectivity index (χ4n) is 2.01. The number of ether oxygens (including phenoxy) is 2. The lowest BCUT2D eigenvalue weighted by atomic mass is 9.79. The van der Waals surface area contributed by atoms with E-state index in [4.69, 9.17) is 9.47 Å². The van der Waals surface area contributed by atoms with E-state index >= 15 is 0 Å². The largest absolute Gasteiger partial charge is 0.385 e. The molecule has 98 valence electrons. The van der Waals surface area contributed by atoms with E-state index in [0.29, 0.717) is 5.41 Å². The smallest absolute Gasteiger partial charge is 0.0487 e. The molecule has 3 heteroatoms. The van der Waals surface area contributed by atoms with E-state index < -0.39 is 0 Å². The molecule has 0 rings (SSSR count). The highest BCUT2D eigenvalue weighted by molar-refractivity contribution is 4.78. The van der Waals surface area contributed by atoms with Gasteiger partial charge in [0.05, 0.1) is 0 Å². The maximum Gasteiger partial charge on any atom is 0.0487 e. The van der Waals surface area contributed by atoms with E-state index in [1.807, 2.05) is 7.05 Å². The molecule has 0 saturated carbocycles. The van der Waals surface area contributed by atoms with Gasteiger partial charge in [-0.05, 0) is 38.1 Å². The molecule has 0 unspecified atom stereocenters. The molecule has 0 atom stereocenters. The Bertz CT molecular complexity index is 147. The van der Waals surface area contributed by atoms with Gasteiger partial charge in [0.15, 0.2) is 0 Å². The van der Waals surface area contributed by atoms with Gasteiger partial charge >= 0.3 is 0 Å². The summed E-state index contributed by atoms with van der Waals surface area (Å²) in [5.41, 5.74) is 0.413. The van der Waals surface area contributed by atoms with Gasteiger partial charge in [-0.15, -0.1) is 0 Å². The van der Waals surface area contributed by atoms with Crippen LogP contribution < -0.4 is 5.32 Å². The molecule has 0 aromatic rings. The lowest BCUT2D eigenvalue weighted by molar-refractivity contribution is 0.0728. The van der Waals surface area contributed by atoms with Crippen molar-refractivity contribution in [3.8, 4) is 0 Å². The molecule has 0 aliphatic carbocycles. The van der Waals surface area contributed by atoms with Crippen molar-refractivity contribution in [3.63, 3.8) is 0 Å². The van der Waals surface area contributed by atoms with Crippen LogP contribution in [0.3, 0.4) is 0 Å². The molecule has 0 radical (unpaired) electrons. The second kappa shape index (κ2) is 10.1. The third-order valence-corrected chi connectivity index (χ3v) is 3.47. The van der Waals surface area contributed by atoms with Crippen LogP contribution in [-0.2, 0) is 9.47 Å². The summed E-state index contributed by atoms with van der Waals surface area (Å²) in [4.78, 5) is 0. The molecule has 0 amide bonds. The zero-order valence-electron chi connectivity index (χ0n) is 11.5. The number of hydrogen-bond donors (Lipinski definition) is 1. The molecule has 0 fully saturated rings. The maximum absolute atomic E-state index is 5.63. The molecule has 0 aliphatic rings. The topological polar surface area (TPSA) is 30.5 Å². The molecule has 0 spiro atoms. The molecule has 0 aromatic carbocycles. The summed E-state index contributed by atoms with van der Waals surface area (Å²) in [5.74, 6) is 0. The predicted molar refractivity (Wildman–Crippen MR) is 68.9 cm³/mol. The number of rotatable bonds is 11. The first-order chi connectivity index (χ1) is 7.74. The Morgan fingerprint density at radius 3 is 2.25 bits per heavy atom. The Kier molecular flexibility index (Phi) is 9.99. The first-order valence-corrected chi connectivity index (χ1v) is 6.46. The fourth-order valence-corrected chi connectivity index (χ4v) is 2.01. The molecule has 3 nitrogen and oxygen atoms in total. The molecule has 0 heterocycles. The van der Waals surface area contributed by atoms with Crippen molar-refractivity contribution in [3.05, 3.63) is 0 Å². The standard InChI is InChI=1S/C13H29NO2/c1-5-13(6-2,12-14-3)8-11-16-10-7-9-15-4/h14H,5-12H2,1-4H3. The van der Waals surface area contributed by atoms with Crippen LogP contribution in [0.2, 0.25) is 0 Å². The van der Waals surface area contributed by atoms with Crippen LogP contribution in [0.4, 0.5) is 0 Å². The molecule has 0 aromatic heterocycles. The highest BCUT2D eigenvalue weighted by Crippen LogP contribution is 2.29. The lowest BCUT2D eigenvalue weighted by Gasteiger charge is -2.31. The molecule has 0 saturated heterocycles. The fraction of sp³-hybridized carbons (Fsp3) is 1.00. The van der Waals surface area contributed by atoms with Crippen molar-refractivity contribution in [1.29, 1.82) is 0 Å². The van der Waals surface area contributed by atoms with E-state index in [1.165, 1.54) is 12.8 Å². The van der Waals surface area contributed by atoms with Crippen molar-refractivity contribution in [2.45, 2.75) is 39.5 Å². The summed E-state index contributed by atoms with van der Waals surface area (Å²) in [6, 6.07) is 0. The summed E-state index contributed by atoms with van der Waals surface area (Å²) in [6.07, 6.45) is 4.57. The summed E-state index contributed by atoms with van der Waals surface area (Å²) >= 11 is 0. The van der Waals surface area contributed by atoms with Gasteiger partial charge in [-0.1, -0.05) is 13.8 Å². The van der Waals surface area contributed by atoms with Crippen LogP contribution in [0, 0.1) is 5.41 Å². The first kappa shape index (κ1) is 15.9. The van der Waals surface area contributed by atoms with Crippen molar-refractivity contribution in [2.24, 2.45) is 5.41 Å². The Labute approximate surface area is 101 Å². The van der Waals surface area contributed by atoms with Crippen LogP contribution in [0.15, 0.2) is 0 Å². The quantitative estimate of drug-likeness (QED) is 0.554. The minimum atomic E-state index is 0.413. The van der Waals surface area contributed by atoms with E-state index in [-0.39, 0.29) is 0 Å². The van der Waals surface area contributed by atoms with Crippen molar-refractivity contribution < 1.29 is 9.47 Å². The predicted octanol–water partition coefficient (Wildman–Crippen LogP) is 2.46. The number of methoxy groups -OCH3 is 1. The normalized spacial score (nSPS) is 12.0. The van der Waals surface area contributed by atoms with Crippen LogP contribution in [0.25, 0.3) is 0 Å². The highest BCUT2D eigenvalue weighted by Gasteiger charge is 2.24. The minimum Gasteiger partial charge on any atom is -0.385 e. The summed E-state index contributed by atoms with van der Waals surface area (Å²) in [7, 11) is 3.76. The summed E-state index contributed by atoms with van der Waals surface area (Å²) in [6.45, 7) is 8.10. The van der Waals surface area contributed by atoms with Gasteiger partial charge in [-0.3, -0.25) is 0 Å². The number of nitrogens with one attached hydrogen (secondary N) is 1. The highest BCUT2D eigenvalue weighted by atomic mass is 16.5. The molecule has 1 N–H and O–H groups in total. The molecular weight excluding hydrogens is 202 g/mol. The van der Waals surface area contributed by atoms with Crippen molar-refractivity contribution in [2.75, 3.05) is 40.5 Å². The van der Waals surface area contributed by atoms with Crippen molar-refractivity contribution >= 4 is 0 Å². The third kappa shape index (κ3) is 6.46. The molecule has 16 heavy (non-hydrogen) atoms. The van der Waals surface area contributed by atoms with E-state index in [2.05, 4.69) is 19.2 Å². The van der Waals surface area contributed by atoms with Gasteiger partial charge in [0, 0.05) is 33.5 Å². The van der Waals surface area contributed by atoms with Crippen molar-refractivity contribution in [1.82, 2.24) is 5.32 Å². The lowest BCUT2D eigenvalue weighted by Crippen LogP contribution is -2.32. The SMILES string of the molecule is CCC(CC)(CCOCCCOC)CNC. The first-order valence-electron chi connectivity index (χ1n) is 6.46. The van der Waals surface area contributed by atoms with Gasteiger partial charge in [0.1, 0.15) is 0 Å². The Morgan fingerprint density at radius 1 is 1.06 bits per heavy atom. The molecular formula is C13H29NO2. The van der Waals surface area contributed by atoms with Gasteiger partial charge in [-0.2, -0.15) is 0 Å². The summed E-state index contributed by atoms with van der Waals surface area (Å²) in [5, 5.41) is 3.30. The Hall–Kier alpha value is -0.120. The van der Waals surface area contributed by atoms with Gasteiger partial charge in [0.25, 0.3) is 0 Å². The zero-order valence-corrected chi connectivity index (χ0v) is 11.5. The summed E-state index contributed by atoms with van der Waals surface area (Å²) < 4.78 is 10.6. The Morgan fingerprint density at radius 2 is 1.75 bits per heavy atom. The van der Waals surface area contributed by atoms with E-state index in [9.17, 15) is 0 Å². The van der Waals surface area contributed by atoms with Gasteiger partial charge in [0.2, 0.25) is 0 Å². The number of hydrogen-bond acceptors (Lipinski definition) is 3. The van der Waals surface area contributed by atoms with Gasteiger partial charge in [-0.25, -0.2) is 0 Å². The minimum absolute atomic E-state index is 0.413. The second-order valence-corrected chi connectivity index (χ2v) is 4.45.